The average molecular weight is 302 g/mol. The second-order valence-electron chi connectivity index (χ2n) is 2.88. The van der Waals surface area contributed by atoms with Gasteiger partial charge in [0.2, 0.25) is 0 Å². The van der Waals surface area contributed by atoms with Gasteiger partial charge in [0.25, 0.3) is 0 Å². The molecule has 0 atom stereocenters. The summed E-state index contributed by atoms with van der Waals surface area (Å²) in [5, 5.41) is 1.17. The summed E-state index contributed by atoms with van der Waals surface area (Å²) >= 11 is 3.95. The number of aldehydes is 1. The molecule has 0 saturated heterocycles. The van der Waals surface area contributed by atoms with Crippen molar-refractivity contribution in [2.75, 3.05) is 0 Å². The van der Waals surface area contributed by atoms with E-state index < -0.39 is 0 Å². The van der Waals surface area contributed by atoms with E-state index in [1.54, 1.807) is 11.3 Å². The van der Waals surface area contributed by atoms with Gasteiger partial charge in [-0.1, -0.05) is 12.1 Å². The first-order chi connectivity index (χ1) is 6.22. The summed E-state index contributed by atoms with van der Waals surface area (Å²) in [6.07, 6.45) is 0.949. The van der Waals surface area contributed by atoms with Gasteiger partial charge >= 0.3 is 0 Å². The minimum Gasteiger partial charge on any atom is -0.298 e. The van der Waals surface area contributed by atoms with Gasteiger partial charge in [-0.2, -0.15) is 0 Å². The largest absolute Gasteiger partial charge is 0.298 e. The smallest absolute Gasteiger partial charge is 0.151 e. The highest BCUT2D eigenvalue weighted by molar-refractivity contribution is 14.1. The van der Waals surface area contributed by atoms with Gasteiger partial charge in [0.15, 0.2) is 6.29 Å². The molecule has 0 amide bonds. The van der Waals surface area contributed by atoms with Crippen LogP contribution in [0.15, 0.2) is 18.2 Å². The number of hydrogen-bond acceptors (Lipinski definition) is 2. The van der Waals surface area contributed by atoms with Crippen LogP contribution in [0.5, 0.6) is 0 Å². The molecule has 0 aliphatic heterocycles. The topological polar surface area (TPSA) is 17.1 Å². The first kappa shape index (κ1) is 9.15. The third kappa shape index (κ3) is 1.50. The fraction of sp³-hybridized carbons (Fsp3) is 0.100. The Morgan fingerprint density at radius 1 is 1.46 bits per heavy atom. The summed E-state index contributed by atoms with van der Waals surface area (Å²) in [6, 6.07) is 6.16. The van der Waals surface area contributed by atoms with E-state index in [4.69, 9.17) is 0 Å². The Balaban J connectivity index is 2.90. The highest BCUT2D eigenvalue weighted by Crippen LogP contribution is 2.30. The van der Waals surface area contributed by atoms with Gasteiger partial charge in [-0.05, 0) is 46.5 Å². The van der Waals surface area contributed by atoms with Crippen LogP contribution >= 0.6 is 33.9 Å². The number of benzene rings is 1. The maximum atomic E-state index is 10.9. The summed E-state index contributed by atoms with van der Waals surface area (Å²) in [4.78, 5) is 10.9. The Hall–Kier alpha value is -0.420. The van der Waals surface area contributed by atoms with Gasteiger partial charge in [-0.25, -0.2) is 0 Å². The van der Waals surface area contributed by atoms with E-state index in [9.17, 15) is 4.79 Å². The van der Waals surface area contributed by atoms with Gasteiger partial charge in [-0.15, -0.1) is 11.3 Å². The van der Waals surface area contributed by atoms with Crippen LogP contribution in [-0.2, 0) is 0 Å². The number of aryl methyl sites for hydroxylation is 1. The molecular weight excluding hydrogens is 295 g/mol. The van der Waals surface area contributed by atoms with E-state index >= 15 is 0 Å². The lowest BCUT2D eigenvalue weighted by atomic mass is 10.1. The van der Waals surface area contributed by atoms with Gasteiger partial charge in [0.1, 0.15) is 0 Å². The molecule has 0 spiro atoms. The fourth-order valence-corrected chi connectivity index (χ4v) is 3.28. The van der Waals surface area contributed by atoms with Gasteiger partial charge in [-0.3, -0.25) is 4.79 Å². The molecule has 0 unspecified atom stereocenters. The number of hydrogen-bond donors (Lipinski definition) is 0. The maximum Gasteiger partial charge on any atom is 0.151 e. The van der Waals surface area contributed by atoms with Crippen molar-refractivity contribution in [3.05, 3.63) is 32.2 Å². The van der Waals surface area contributed by atoms with Crippen LogP contribution in [0.4, 0.5) is 0 Å². The van der Waals surface area contributed by atoms with Crippen LogP contribution in [-0.4, -0.2) is 6.29 Å². The van der Waals surface area contributed by atoms with E-state index in [-0.39, 0.29) is 0 Å². The van der Waals surface area contributed by atoms with Crippen LogP contribution in [0.1, 0.15) is 15.9 Å². The molecule has 0 radical (unpaired) electrons. The Bertz CT molecular complexity index is 473. The first-order valence-corrected chi connectivity index (χ1v) is 5.75. The molecule has 2 aromatic rings. The summed E-state index contributed by atoms with van der Waals surface area (Å²) in [7, 11) is 0. The Morgan fingerprint density at radius 2 is 2.23 bits per heavy atom. The second kappa shape index (κ2) is 3.38. The molecule has 66 valence electrons. The molecular formula is C10H7IOS. The van der Waals surface area contributed by atoms with Crippen molar-refractivity contribution in [1.29, 1.82) is 0 Å². The Labute approximate surface area is 93.9 Å². The predicted molar refractivity (Wildman–Crippen MR) is 64.7 cm³/mol. The molecule has 0 fully saturated rings. The number of halogens is 1. The molecule has 2 rings (SSSR count). The van der Waals surface area contributed by atoms with Crippen LogP contribution < -0.4 is 0 Å². The third-order valence-corrected chi connectivity index (χ3v) is 3.98. The predicted octanol–water partition coefficient (Wildman–Crippen LogP) is 3.63. The van der Waals surface area contributed by atoms with Crippen molar-refractivity contribution < 1.29 is 4.79 Å². The molecule has 1 aromatic heterocycles. The van der Waals surface area contributed by atoms with Crippen molar-refractivity contribution in [2.24, 2.45) is 0 Å². The first-order valence-electron chi connectivity index (χ1n) is 3.86. The van der Waals surface area contributed by atoms with Crippen LogP contribution in [0.25, 0.3) is 10.1 Å². The third-order valence-electron chi connectivity index (χ3n) is 2.03. The minimum absolute atomic E-state index is 0.838. The summed E-state index contributed by atoms with van der Waals surface area (Å²) in [6.45, 7) is 1.97. The highest BCUT2D eigenvalue weighted by Gasteiger charge is 2.06. The Kier molecular flexibility index (Phi) is 2.38. The van der Waals surface area contributed by atoms with Crippen molar-refractivity contribution in [3.63, 3.8) is 0 Å². The average Bonchev–Trinajstić information content (AvgIpc) is 2.45. The molecule has 1 aromatic carbocycles. The lowest BCUT2D eigenvalue weighted by Gasteiger charge is -1.98. The summed E-state index contributed by atoms with van der Waals surface area (Å²) in [5.41, 5.74) is 1.89. The monoisotopic (exact) mass is 302 g/mol. The Morgan fingerprint density at radius 3 is 2.92 bits per heavy atom. The number of carbonyl (C=O) groups is 1. The van der Waals surface area contributed by atoms with E-state index in [1.807, 2.05) is 13.0 Å². The van der Waals surface area contributed by atoms with E-state index in [1.165, 1.54) is 8.27 Å². The molecule has 13 heavy (non-hydrogen) atoms. The minimum atomic E-state index is 0.838. The number of rotatable bonds is 1. The lowest BCUT2D eigenvalue weighted by molar-refractivity contribution is 0.112. The maximum absolute atomic E-state index is 10.9. The molecule has 0 aliphatic rings. The molecule has 0 aliphatic carbocycles. The molecule has 0 N–H and O–H groups in total. The molecule has 0 bridgehead atoms. The standard InChI is InChI=1S/C10H7IOS/c1-6-2-3-7-4-9(11)13-10(7)8(6)5-12/h2-5H,1H3. The number of thiophene rings is 1. The van der Waals surface area contributed by atoms with Crippen LogP contribution in [0.2, 0.25) is 0 Å². The molecule has 3 heteroatoms. The van der Waals surface area contributed by atoms with Gasteiger partial charge < -0.3 is 0 Å². The van der Waals surface area contributed by atoms with Crippen LogP contribution in [0, 0.1) is 9.81 Å². The molecule has 1 heterocycles. The zero-order chi connectivity index (χ0) is 9.42. The summed E-state index contributed by atoms with van der Waals surface area (Å²) < 4.78 is 2.33. The number of fused-ring (bicyclic) bond motifs is 1. The summed E-state index contributed by atoms with van der Waals surface area (Å²) in [5.74, 6) is 0. The number of carbonyl (C=O) groups excluding carboxylic acids is 1. The van der Waals surface area contributed by atoms with Gasteiger partial charge in [0, 0.05) is 10.3 Å². The quantitative estimate of drug-likeness (QED) is 0.581. The fourth-order valence-electron chi connectivity index (χ4n) is 1.34. The van der Waals surface area contributed by atoms with Crippen molar-refractivity contribution >= 4 is 50.3 Å². The van der Waals surface area contributed by atoms with Gasteiger partial charge in [0.05, 0.1) is 2.88 Å². The van der Waals surface area contributed by atoms with E-state index in [0.29, 0.717) is 0 Å². The highest BCUT2D eigenvalue weighted by atomic mass is 127. The molecule has 0 saturated carbocycles. The normalized spacial score (nSPS) is 10.6. The second-order valence-corrected chi connectivity index (χ2v) is 5.83. The zero-order valence-electron chi connectivity index (χ0n) is 7.00. The van der Waals surface area contributed by atoms with E-state index in [2.05, 4.69) is 34.7 Å². The lowest BCUT2D eigenvalue weighted by Crippen LogP contribution is -1.84. The van der Waals surface area contributed by atoms with Crippen molar-refractivity contribution in [3.8, 4) is 0 Å². The van der Waals surface area contributed by atoms with Crippen molar-refractivity contribution in [1.82, 2.24) is 0 Å². The van der Waals surface area contributed by atoms with Crippen molar-refractivity contribution in [2.45, 2.75) is 6.92 Å². The SMILES string of the molecule is Cc1ccc2cc(I)sc2c1C=O. The molecule has 1 nitrogen and oxygen atoms in total. The van der Waals surface area contributed by atoms with Crippen LogP contribution in [0.3, 0.4) is 0 Å². The van der Waals surface area contributed by atoms with E-state index in [0.717, 1.165) is 22.1 Å². The zero-order valence-corrected chi connectivity index (χ0v) is 9.98.